The Morgan fingerprint density at radius 1 is 1.19 bits per heavy atom. The normalized spacial score (nSPS) is 11.7. The monoisotopic (exact) mass is 307 g/mol. The fraction of sp³-hybridized carbons (Fsp3) is 0.400. The summed E-state index contributed by atoms with van der Waals surface area (Å²) >= 11 is 0. The van der Waals surface area contributed by atoms with E-state index in [-0.39, 0.29) is 4.90 Å². The Morgan fingerprint density at radius 3 is 2.67 bits per heavy atom. The molecule has 0 aliphatic heterocycles. The van der Waals surface area contributed by atoms with Crippen molar-refractivity contribution >= 4 is 10.0 Å². The second-order valence-corrected chi connectivity index (χ2v) is 6.73. The molecule has 0 spiro atoms. The van der Waals surface area contributed by atoms with Gasteiger partial charge in [-0.05, 0) is 12.0 Å². The molecule has 21 heavy (non-hydrogen) atoms. The van der Waals surface area contributed by atoms with E-state index in [1.165, 1.54) is 6.20 Å². The molecular weight excluding hydrogens is 286 g/mol. The molecule has 0 aliphatic rings. The number of benzene rings is 1. The molecule has 0 fully saturated rings. The van der Waals surface area contributed by atoms with E-state index in [9.17, 15) is 8.42 Å². The molecule has 6 heteroatoms. The van der Waals surface area contributed by atoms with E-state index in [2.05, 4.69) is 16.7 Å². The van der Waals surface area contributed by atoms with Crippen LogP contribution in [-0.2, 0) is 16.6 Å². The first-order valence-electron chi connectivity index (χ1n) is 7.18. The zero-order chi connectivity index (χ0) is 15.1. The highest BCUT2D eigenvalue weighted by Gasteiger charge is 2.15. The molecule has 0 amide bonds. The van der Waals surface area contributed by atoms with Crippen LogP contribution in [-0.4, -0.2) is 24.7 Å². The minimum absolute atomic E-state index is 0.218. The van der Waals surface area contributed by atoms with Gasteiger partial charge in [-0.15, -0.1) is 0 Å². The Morgan fingerprint density at radius 2 is 1.95 bits per heavy atom. The maximum Gasteiger partial charge on any atom is 0.243 e. The molecule has 0 aliphatic carbocycles. The Bertz CT molecular complexity index is 651. The van der Waals surface area contributed by atoms with Crippen LogP contribution in [0.5, 0.6) is 0 Å². The number of aromatic nitrogens is 2. The summed E-state index contributed by atoms with van der Waals surface area (Å²) in [6.07, 6.45) is 5.90. The quantitative estimate of drug-likeness (QED) is 0.762. The first-order valence-corrected chi connectivity index (χ1v) is 8.66. The van der Waals surface area contributed by atoms with Crippen LogP contribution in [0.2, 0.25) is 0 Å². The molecule has 0 atom stereocenters. The number of rotatable bonds is 8. The standard InChI is InChI=1S/C15H21N3O2S/c1-2-3-7-10-17-21(19,20)15-11-16-18(13-15)12-14-8-5-4-6-9-14/h4-6,8-9,11,13,17H,2-3,7,10,12H2,1H3. The van der Waals surface area contributed by atoms with Crippen molar-refractivity contribution in [3.63, 3.8) is 0 Å². The van der Waals surface area contributed by atoms with E-state index < -0.39 is 10.0 Å². The first kappa shape index (κ1) is 15.7. The summed E-state index contributed by atoms with van der Waals surface area (Å²) in [5.74, 6) is 0. The third kappa shape index (κ3) is 4.68. The van der Waals surface area contributed by atoms with Crippen LogP contribution in [0.15, 0.2) is 47.6 Å². The van der Waals surface area contributed by atoms with Crippen molar-refractivity contribution in [1.82, 2.24) is 14.5 Å². The minimum Gasteiger partial charge on any atom is -0.267 e. The van der Waals surface area contributed by atoms with Crippen molar-refractivity contribution in [2.24, 2.45) is 0 Å². The summed E-state index contributed by atoms with van der Waals surface area (Å²) in [5, 5.41) is 4.12. The summed E-state index contributed by atoms with van der Waals surface area (Å²) < 4.78 is 28.4. The molecule has 0 bridgehead atoms. The molecule has 1 N–H and O–H groups in total. The molecule has 0 radical (unpaired) electrons. The molecule has 1 heterocycles. The van der Waals surface area contributed by atoms with Gasteiger partial charge in [0.05, 0.1) is 12.7 Å². The van der Waals surface area contributed by atoms with Gasteiger partial charge in [0, 0.05) is 12.7 Å². The van der Waals surface area contributed by atoms with Gasteiger partial charge in [0.2, 0.25) is 10.0 Å². The predicted octanol–water partition coefficient (Wildman–Crippen LogP) is 2.40. The molecule has 0 saturated heterocycles. The molecule has 0 saturated carbocycles. The maximum atomic E-state index is 12.1. The van der Waals surface area contributed by atoms with Gasteiger partial charge in [0.25, 0.3) is 0 Å². The highest BCUT2D eigenvalue weighted by atomic mass is 32.2. The first-order chi connectivity index (χ1) is 10.1. The number of nitrogens with one attached hydrogen (secondary N) is 1. The second-order valence-electron chi connectivity index (χ2n) is 4.96. The van der Waals surface area contributed by atoms with Gasteiger partial charge in [-0.3, -0.25) is 4.68 Å². The second kappa shape index (κ2) is 7.38. The zero-order valence-corrected chi connectivity index (χ0v) is 13.0. The van der Waals surface area contributed by atoms with Crippen molar-refractivity contribution in [3.8, 4) is 0 Å². The predicted molar refractivity (Wildman–Crippen MR) is 82.5 cm³/mol. The van der Waals surface area contributed by atoms with Crippen LogP contribution in [0.3, 0.4) is 0 Å². The van der Waals surface area contributed by atoms with Crippen molar-refractivity contribution in [1.29, 1.82) is 0 Å². The van der Waals surface area contributed by atoms with Gasteiger partial charge in [-0.2, -0.15) is 5.10 Å². The Labute approximate surface area is 126 Å². The highest BCUT2D eigenvalue weighted by molar-refractivity contribution is 7.89. The average molecular weight is 307 g/mol. The minimum atomic E-state index is -3.45. The van der Waals surface area contributed by atoms with Crippen molar-refractivity contribution in [3.05, 3.63) is 48.3 Å². The van der Waals surface area contributed by atoms with Gasteiger partial charge >= 0.3 is 0 Å². The highest BCUT2D eigenvalue weighted by Crippen LogP contribution is 2.09. The summed E-state index contributed by atoms with van der Waals surface area (Å²) in [6.45, 7) is 3.12. The summed E-state index contributed by atoms with van der Waals surface area (Å²) in [4.78, 5) is 0.218. The molecule has 5 nitrogen and oxygen atoms in total. The van der Waals surface area contributed by atoms with Crippen LogP contribution in [0.25, 0.3) is 0 Å². The largest absolute Gasteiger partial charge is 0.267 e. The molecule has 1 aromatic heterocycles. The Kier molecular flexibility index (Phi) is 5.52. The molecule has 0 unspecified atom stereocenters. The van der Waals surface area contributed by atoms with Crippen LogP contribution in [0.1, 0.15) is 31.7 Å². The lowest BCUT2D eigenvalue weighted by molar-refractivity contribution is 0.575. The molecule has 2 aromatic rings. The summed E-state index contributed by atoms with van der Waals surface area (Å²) in [6, 6.07) is 9.82. The van der Waals surface area contributed by atoms with E-state index in [1.54, 1.807) is 10.9 Å². The number of unbranched alkanes of at least 4 members (excludes halogenated alkanes) is 2. The summed E-state index contributed by atoms with van der Waals surface area (Å²) in [5.41, 5.74) is 1.08. The maximum absolute atomic E-state index is 12.1. The fourth-order valence-corrected chi connectivity index (χ4v) is 3.03. The van der Waals surface area contributed by atoms with Crippen LogP contribution in [0, 0.1) is 0 Å². The lowest BCUT2D eigenvalue weighted by atomic mass is 10.2. The van der Waals surface area contributed by atoms with Crippen LogP contribution in [0.4, 0.5) is 0 Å². The lowest BCUT2D eigenvalue weighted by Gasteiger charge is -2.04. The molecular formula is C15H21N3O2S. The van der Waals surface area contributed by atoms with Crippen LogP contribution >= 0.6 is 0 Å². The van der Waals surface area contributed by atoms with Gasteiger partial charge in [-0.25, -0.2) is 13.1 Å². The van der Waals surface area contributed by atoms with E-state index in [4.69, 9.17) is 0 Å². The SMILES string of the molecule is CCCCCNS(=O)(=O)c1cnn(Cc2ccccc2)c1. The lowest BCUT2D eigenvalue weighted by Crippen LogP contribution is -2.24. The number of hydrogen-bond acceptors (Lipinski definition) is 3. The van der Waals surface area contributed by atoms with Crippen molar-refractivity contribution in [2.75, 3.05) is 6.54 Å². The van der Waals surface area contributed by atoms with Crippen molar-refractivity contribution < 1.29 is 8.42 Å². The van der Waals surface area contributed by atoms with E-state index in [0.717, 1.165) is 24.8 Å². The Balaban J connectivity index is 1.98. The molecule has 2 rings (SSSR count). The van der Waals surface area contributed by atoms with Gasteiger partial charge < -0.3 is 0 Å². The number of nitrogens with zero attached hydrogens (tertiary/aromatic N) is 2. The van der Waals surface area contributed by atoms with Gasteiger partial charge in [-0.1, -0.05) is 50.1 Å². The zero-order valence-electron chi connectivity index (χ0n) is 12.2. The third-order valence-corrected chi connectivity index (χ3v) is 4.60. The Hall–Kier alpha value is -1.66. The van der Waals surface area contributed by atoms with Gasteiger partial charge in [0.15, 0.2) is 0 Å². The van der Waals surface area contributed by atoms with E-state index >= 15 is 0 Å². The molecule has 1 aromatic carbocycles. The number of hydrogen-bond donors (Lipinski definition) is 1. The smallest absolute Gasteiger partial charge is 0.243 e. The third-order valence-electron chi connectivity index (χ3n) is 3.18. The van der Waals surface area contributed by atoms with Gasteiger partial charge in [0.1, 0.15) is 4.90 Å². The summed E-state index contributed by atoms with van der Waals surface area (Å²) in [7, 11) is -3.45. The fourth-order valence-electron chi connectivity index (χ4n) is 2.01. The van der Waals surface area contributed by atoms with Crippen LogP contribution < -0.4 is 4.72 Å². The topological polar surface area (TPSA) is 64.0 Å². The van der Waals surface area contributed by atoms with E-state index in [1.807, 2.05) is 30.3 Å². The molecule has 114 valence electrons. The number of sulfonamides is 1. The average Bonchev–Trinajstić information content (AvgIpc) is 2.94. The van der Waals surface area contributed by atoms with Crippen molar-refractivity contribution in [2.45, 2.75) is 37.6 Å². The van der Waals surface area contributed by atoms with E-state index in [0.29, 0.717) is 13.1 Å².